The summed E-state index contributed by atoms with van der Waals surface area (Å²) in [7, 11) is 0. The summed E-state index contributed by atoms with van der Waals surface area (Å²) in [5.74, 6) is -0.00335. The van der Waals surface area contributed by atoms with E-state index in [0.717, 1.165) is 35.2 Å². The molecular weight excluding hydrogens is 276 g/mol. The largest absolute Gasteiger partial charge is 0.355 e. The fourth-order valence-corrected chi connectivity index (χ4v) is 2.31. The van der Waals surface area contributed by atoms with E-state index in [-0.39, 0.29) is 11.3 Å². The SMILES string of the molecule is CC(=O)NCCNCc1cnc2c(C(C)(C)C)nccc2c1. The van der Waals surface area contributed by atoms with Crippen molar-refractivity contribution in [3.8, 4) is 0 Å². The van der Waals surface area contributed by atoms with E-state index in [9.17, 15) is 4.79 Å². The van der Waals surface area contributed by atoms with Crippen LogP contribution in [-0.4, -0.2) is 29.0 Å². The summed E-state index contributed by atoms with van der Waals surface area (Å²) < 4.78 is 0. The van der Waals surface area contributed by atoms with Gasteiger partial charge in [-0.05, 0) is 17.7 Å². The maximum atomic E-state index is 10.8. The topological polar surface area (TPSA) is 66.9 Å². The third-order valence-corrected chi connectivity index (χ3v) is 3.37. The van der Waals surface area contributed by atoms with Crippen molar-refractivity contribution in [2.75, 3.05) is 13.1 Å². The third-order valence-electron chi connectivity index (χ3n) is 3.37. The standard InChI is InChI=1S/C17H24N4O/c1-12(22)19-8-7-18-10-13-9-14-5-6-20-16(17(2,3)4)15(14)21-11-13/h5-6,9,11,18H,7-8,10H2,1-4H3,(H,19,22). The Morgan fingerprint density at radius 1 is 1.23 bits per heavy atom. The molecule has 0 spiro atoms. The van der Waals surface area contributed by atoms with E-state index in [1.165, 1.54) is 6.92 Å². The van der Waals surface area contributed by atoms with Gasteiger partial charge in [0.15, 0.2) is 0 Å². The second-order valence-corrected chi connectivity index (χ2v) is 6.48. The van der Waals surface area contributed by atoms with Gasteiger partial charge in [-0.25, -0.2) is 0 Å². The molecule has 0 unspecified atom stereocenters. The van der Waals surface area contributed by atoms with E-state index in [2.05, 4.69) is 47.4 Å². The molecule has 5 nitrogen and oxygen atoms in total. The van der Waals surface area contributed by atoms with Crippen molar-refractivity contribution in [2.45, 2.75) is 39.7 Å². The lowest BCUT2D eigenvalue weighted by molar-refractivity contribution is -0.118. The summed E-state index contributed by atoms with van der Waals surface area (Å²) in [5, 5.41) is 7.17. The summed E-state index contributed by atoms with van der Waals surface area (Å²) in [6.07, 6.45) is 3.74. The molecule has 0 aromatic carbocycles. The Balaban J connectivity index is 2.07. The molecule has 22 heavy (non-hydrogen) atoms. The maximum Gasteiger partial charge on any atom is 0.216 e. The van der Waals surface area contributed by atoms with E-state index in [1.807, 2.05) is 18.5 Å². The van der Waals surface area contributed by atoms with Crippen molar-refractivity contribution < 1.29 is 4.79 Å². The van der Waals surface area contributed by atoms with Crippen LogP contribution in [0.5, 0.6) is 0 Å². The monoisotopic (exact) mass is 300 g/mol. The van der Waals surface area contributed by atoms with Gasteiger partial charge in [0.2, 0.25) is 5.91 Å². The van der Waals surface area contributed by atoms with Gasteiger partial charge in [-0.2, -0.15) is 0 Å². The fourth-order valence-electron chi connectivity index (χ4n) is 2.31. The molecule has 0 aliphatic rings. The Labute approximate surface area is 131 Å². The Hall–Kier alpha value is -2.01. The first-order valence-electron chi connectivity index (χ1n) is 7.57. The molecule has 0 saturated heterocycles. The van der Waals surface area contributed by atoms with E-state index in [0.29, 0.717) is 6.54 Å². The second kappa shape index (κ2) is 6.83. The number of rotatable bonds is 5. The molecule has 0 bridgehead atoms. The zero-order chi connectivity index (χ0) is 16.2. The summed E-state index contributed by atoms with van der Waals surface area (Å²) in [6.45, 7) is 10.1. The minimum Gasteiger partial charge on any atom is -0.355 e. The van der Waals surface area contributed by atoms with Crippen LogP contribution in [0.2, 0.25) is 0 Å². The number of hydrogen-bond acceptors (Lipinski definition) is 4. The molecule has 0 fully saturated rings. The molecule has 118 valence electrons. The van der Waals surface area contributed by atoms with Crippen LogP contribution in [0.25, 0.3) is 10.9 Å². The van der Waals surface area contributed by atoms with Crippen LogP contribution in [0.4, 0.5) is 0 Å². The molecule has 2 aromatic rings. The number of nitrogens with one attached hydrogen (secondary N) is 2. The first kappa shape index (κ1) is 16.4. The predicted molar refractivity (Wildman–Crippen MR) is 88.6 cm³/mol. The van der Waals surface area contributed by atoms with Crippen molar-refractivity contribution in [3.63, 3.8) is 0 Å². The van der Waals surface area contributed by atoms with Crippen LogP contribution in [-0.2, 0) is 16.8 Å². The van der Waals surface area contributed by atoms with Gasteiger partial charge >= 0.3 is 0 Å². The van der Waals surface area contributed by atoms with E-state index >= 15 is 0 Å². The van der Waals surface area contributed by atoms with Crippen molar-refractivity contribution in [2.24, 2.45) is 0 Å². The van der Waals surface area contributed by atoms with Crippen molar-refractivity contribution in [1.82, 2.24) is 20.6 Å². The number of hydrogen-bond donors (Lipinski definition) is 2. The number of aromatic nitrogens is 2. The highest BCUT2D eigenvalue weighted by atomic mass is 16.1. The van der Waals surface area contributed by atoms with Gasteiger partial charge in [-0.15, -0.1) is 0 Å². The van der Waals surface area contributed by atoms with E-state index < -0.39 is 0 Å². The summed E-state index contributed by atoms with van der Waals surface area (Å²) in [6, 6.07) is 4.14. The van der Waals surface area contributed by atoms with Crippen LogP contribution < -0.4 is 10.6 Å². The molecule has 0 radical (unpaired) electrons. The second-order valence-electron chi connectivity index (χ2n) is 6.48. The lowest BCUT2D eigenvalue weighted by Crippen LogP contribution is -2.29. The van der Waals surface area contributed by atoms with Gasteiger partial charge in [0, 0.05) is 49.8 Å². The summed E-state index contributed by atoms with van der Waals surface area (Å²) >= 11 is 0. The molecule has 2 aromatic heterocycles. The highest BCUT2D eigenvalue weighted by molar-refractivity contribution is 5.81. The molecular formula is C17H24N4O. The van der Waals surface area contributed by atoms with Crippen molar-refractivity contribution >= 4 is 16.8 Å². The summed E-state index contributed by atoms with van der Waals surface area (Å²) in [4.78, 5) is 19.9. The Bertz CT molecular complexity index is 661. The molecule has 0 atom stereocenters. The lowest BCUT2D eigenvalue weighted by Gasteiger charge is -2.19. The van der Waals surface area contributed by atoms with Gasteiger partial charge in [0.1, 0.15) is 0 Å². The van der Waals surface area contributed by atoms with Crippen LogP contribution in [0, 0.1) is 0 Å². The number of amides is 1. The molecule has 1 amide bonds. The number of carbonyl (C=O) groups excluding carboxylic acids is 1. The van der Waals surface area contributed by atoms with Crippen LogP contribution in [0.15, 0.2) is 24.5 Å². The molecule has 5 heteroatoms. The highest BCUT2D eigenvalue weighted by Gasteiger charge is 2.19. The van der Waals surface area contributed by atoms with Crippen molar-refractivity contribution in [1.29, 1.82) is 0 Å². The fraction of sp³-hybridized carbons (Fsp3) is 0.471. The van der Waals surface area contributed by atoms with Crippen molar-refractivity contribution in [3.05, 3.63) is 35.8 Å². The number of nitrogens with zero attached hydrogens (tertiary/aromatic N) is 2. The third kappa shape index (κ3) is 4.24. The van der Waals surface area contributed by atoms with Crippen LogP contribution in [0.1, 0.15) is 39.0 Å². The molecule has 2 heterocycles. The Morgan fingerprint density at radius 2 is 2.00 bits per heavy atom. The van der Waals surface area contributed by atoms with Crippen LogP contribution >= 0.6 is 0 Å². The molecule has 2 rings (SSSR count). The quantitative estimate of drug-likeness (QED) is 0.830. The van der Waals surface area contributed by atoms with Gasteiger partial charge in [-0.3, -0.25) is 14.8 Å². The average molecular weight is 300 g/mol. The molecule has 0 aliphatic carbocycles. The zero-order valence-electron chi connectivity index (χ0n) is 13.7. The minimum absolute atomic E-state index is 0.00335. The minimum atomic E-state index is -0.0232. The number of carbonyl (C=O) groups is 1. The first-order valence-corrected chi connectivity index (χ1v) is 7.57. The van der Waals surface area contributed by atoms with Gasteiger partial charge in [-0.1, -0.05) is 20.8 Å². The number of fused-ring (bicyclic) bond motifs is 1. The van der Waals surface area contributed by atoms with Gasteiger partial charge in [0.05, 0.1) is 11.2 Å². The average Bonchev–Trinajstić information content (AvgIpc) is 2.44. The van der Waals surface area contributed by atoms with E-state index in [4.69, 9.17) is 0 Å². The molecule has 2 N–H and O–H groups in total. The molecule has 0 aliphatic heterocycles. The Kier molecular flexibility index (Phi) is 5.08. The first-order chi connectivity index (χ1) is 10.4. The molecule has 0 saturated carbocycles. The lowest BCUT2D eigenvalue weighted by atomic mass is 9.90. The van der Waals surface area contributed by atoms with Gasteiger partial charge < -0.3 is 10.6 Å². The normalized spacial score (nSPS) is 11.6. The predicted octanol–water partition coefficient (Wildman–Crippen LogP) is 2.15. The highest BCUT2D eigenvalue weighted by Crippen LogP contribution is 2.26. The van der Waals surface area contributed by atoms with Gasteiger partial charge in [0.25, 0.3) is 0 Å². The van der Waals surface area contributed by atoms with Crippen LogP contribution in [0.3, 0.4) is 0 Å². The zero-order valence-corrected chi connectivity index (χ0v) is 13.7. The Morgan fingerprint density at radius 3 is 2.68 bits per heavy atom. The maximum absolute atomic E-state index is 10.8. The number of pyridine rings is 2. The smallest absolute Gasteiger partial charge is 0.216 e. The van der Waals surface area contributed by atoms with E-state index in [1.54, 1.807) is 0 Å². The summed E-state index contributed by atoms with van der Waals surface area (Å²) in [5.41, 5.74) is 3.10.